The van der Waals surface area contributed by atoms with Crippen LogP contribution in [0.15, 0.2) is 78.1 Å². The molecule has 4 heterocycles. The molecule has 0 aliphatic carbocycles. The van der Waals surface area contributed by atoms with Crippen molar-refractivity contribution in [3.8, 4) is 11.3 Å². The number of nitrogens with zero attached hydrogens (tertiary/aromatic N) is 6. The zero-order chi connectivity index (χ0) is 29.4. The van der Waals surface area contributed by atoms with E-state index in [0.717, 1.165) is 66.3 Å². The lowest BCUT2D eigenvalue weighted by Crippen LogP contribution is -2.26. The van der Waals surface area contributed by atoms with Gasteiger partial charge in [0.1, 0.15) is 5.82 Å². The van der Waals surface area contributed by atoms with E-state index in [9.17, 15) is 5.11 Å². The summed E-state index contributed by atoms with van der Waals surface area (Å²) in [6.45, 7) is 10.00. The van der Waals surface area contributed by atoms with Crippen LogP contribution in [-0.2, 0) is 6.54 Å². The number of benzene rings is 2. The van der Waals surface area contributed by atoms with Gasteiger partial charge in [-0.15, -0.1) is 0 Å². The van der Waals surface area contributed by atoms with Crippen molar-refractivity contribution in [3.05, 3.63) is 90.1 Å². The fraction of sp³-hybridized carbons (Fsp3) is 0.219. The fourth-order valence-corrected chi connectivity index (χ4v) is 5.59. The summed E-state index contributed by atoms with van der Waals surface area (Å²) in [5, 5.41) is 21.3. The average molecular weight is 577 g/mol. The van der Waals surface area contributed by atoms with Gasteiger partial charge in [-0.3, -0.25) is 14.4 Å². The first-order valence-electron chi connectivity index (χ1n) is 13.7. The topological polar surface area (TPSA) is 114 Å². The molecule has 0 fully saturated rings. The van der Waals surface area contributed by atoms with Gasteiger partial charge in [0.05, 0.1) is 29.6 Å². The first-order valence-corrected chi connectivity index (χ1v) is 14.5. The van der Waals surface area contributed by atoms with Crippen LogP contribution in [0.3, 0.4) is 0 Å². The lowest BCUT2D eigenvalue weighted by molar-refractivity contribution is 0.0591. The normalized spacial score (nSPS) is 11.8. The Morgan fingerprint density at radius 1 is 0.881 bits per heavy atom. The third-order valence-electron chi connectivity index (χ3n) is 6.90. The van der Waals surface area contributed by atoms with Crippen LogP contribution in [0.2, 0.25) is 0 Å². The number of hydrogen-bond acceptors (Lipinski definition) is 9. The van der Waals surface area contributed by atoms with Crippen LogP contribution in [0.4, 0.5) is 17.5 Å². The summed E-state index contributed by atoms with van der Waals surface area (Å²) >= 11 is 1.47. The third kappa shape index (κ3) is 5.90. The molecular weight excluding hydrogens is 544 g/mol. The molecule has 212 valence electrons. The monoisotopic (exact) mass is 576 g/mol. The SMILES string of the molecule is Cc1cc(C)nc(NSc2ccc(Nc3cc4c(-c5ccc6c(cnn6CC(C)(C)O)c5C)nccc4cn3)cc2)n1. The van der Waals surface area contributed by atoms with E-state index in [-0.39, 0.29) is 0 Å². The number of aryl methyl sites for hydroxylation is 3. The van der Waals surface area contributed by atoms with Crippen LogP contribution in [0.5, 0.6) is 0 Å². The summed E-state index contributed by atoms with van der Waals surface area (Å²) in [4.78, 5) is 19.3. The van der Waals surface area contributed by atoms with Gasteiger partial charge >= 0.3 is 0 Å². The molecule has 9 nitrogen and oxygen atoms in total. The molecule has 42 heavy (non-hydrogen) atoms. The maximum Gasteiger partial charge on any atom is 0.233 e. The Labute approximate surface area is 248 Å². The van der Waals surface area contributed by atoms with E-state index >= 15 is 0 Å². The van der Waals surface area contributed by atoms with Crippen LogP contribution in [0.1, 0.15) is 30.8 Å². The Kier molecular flexibility index (Phi) is 7.26. The second-order valence-electron chi connectivity index (χ2n) is 11.1. The average Bonchev–Trinajstić information content (AvgIpc) is 3.34. The zero-order valence-corrected chi connectivity index (χ0v) is 25.0. The van der Waals surface area contributed by atoms with Gasteiger partial charge in [-0.2, -0.15) is 5.10 Å². The number of fused-ring (bicyclic) bond motifs is 2. The summed E-state index contributed by atoms with van der Waals surface area (Å²) in [6.07, 6.45) is 5.56. The highest BCUT2D eigenvalue weighted by molar-refractivity contribution is 8.00. The zero-order valence-electron chi connectivity index (χ0n) is 24.2. The second-order valence-corrected chi connectivity index (χ2v) is 11.9. The molecule has 0 amide bonds. The minimum absolute atomic E-state index is 0.416. The standard InChI is InChI=1S/C32H32N8OS/c1-19-14-20(2)37-31(36-19)39-42-24-8-6-23(7-9-24)38-29-15-26-22(16-34-29)12-13-33-30(26)25-10-11-28-27(21(25)3)17-35-40(28)18-32(4,5)41/h6-17,41H,18H2,1-5H3,(H,34,38)(H,36,37,39). The van der Waals surface area contributed by atoms with E-state index < -0.39 is 5.60 Å². The molecule has 4 aromatic heterocycles. The molecule has 0 saturated carbocycles. The summed E-state index contributed by atoms with van der Waals surface area (Å²) < 4.78 is 5.07. The lowest BCUT2D eigenvalue weighted by Gasteiger charge is -2.18. The maximum atomic E-state index is 10.3. The molecule has 2 aromatic carbocycles. The molecule has 0 unspecified atom stereocenters. The number of aliphatic hydroxyl groups is 1. The van der Waals surface area contributed by atoms with Crippen LogP contribution in [-0.4, -0.2) is 40.4 Å². The molecule has 0 atom stereocenters. The highest BCUT2D eigenvalue weighted by Crippen LogP contribution is 2.34. The van der Waals surface area contributed by atoms with Crippen LogP contribution in [0, 0.1) is 20.8 Å². The minimum Gasteiger partial charge on any atom is -0.389 e. The van der Waals surface area contributed by atoms with Crippen LogP contribution >= 0.6 is 11.9 Å². The Hall–Kier alpha value is -4.54. The summed E-state index contributed by atoms with van der Waals surface area (Å²) in [5.74, 6) is 1.33. The fourth-order valence-electron chi connectivity index (χ4n) is 5.02. The van der Waals surface area contributed by atoms with E-state index in [0.29, 0.717) is 12.5 Å². The number of nitrogens with one attached hydrogen (secondary N) is 2. The van der Waals surface area contributed by atoms with Gasteiger partial charge in [0.25, 0.3) is 0 Å². The number of aromatic nitrogens is 6. The number of anilines is 3. The van der Waals surface area contributed by atoms with E-state index in [2.05, 4.69) is 49.1 Å². The lowest BCUT2D eigenvalue weighted by atomic mass is 9.98. The van der Waals surface area contributed by atoms with Gasteiger partial charge < -0.3 is 10.4 Å². The Balaban J connectivity index is 1.24. The van der Waals surface area contributed by atoms with E-state index in [1.807, 2.05) is 79.6 Å². The van der Waals surface area contributed by atoms with Gasteiger partial charge in [-0.1, -0.05) is 6.07 Å². The predicted octanol–water partition coefficient (Wildman–Crippen LogP) is 7.00. The van der Waals surface area contributed by atoms with Crippen LogP contribution in [0.25, 0.3) is 32.9 Å². The van der Waals surface area contributed by atoms with Gasteiger partial charge in [0, 0.05) is 56.1 Å². The summed E-state index contributed by atoms with van der Waals surface area (Å²) in [5.41, 5.74) is 5.94. The highest BCUT2D eigenvalue weighted by atomic mass is 32.2. The highest BCUT2D eigenvalue weighted by Gasteiger charge is 2.18. The third-order valence-corrected chi connectivity index (χ3v) is 7.70. The molecule has 6 rings (SSSR count). The molecule has 6 aromatic rings. The summed E-state index contributed by atoms with van der Waals surface area (Å²) in [7, 11) is 0. The Bertz CT molecular complexity index is 1890. The molecule has 0 aliphatic heterocycles. The van der Waals surface area contributed by atoms with Crippen molar-refractivity contribution in [1.82, 2.24) is 29.7 Å². The van der Waals surface area contributed by atoms with Crippen molar-refractivity contribution in [3.63, 3.8) is 0 Å². The molecule has 10 heteroatoms. The second kappa shape index (κ2) is 11.0. The largest absolute Gasteiger partial charge is 0.389 e. The maximum absolute atomic E-state index is 10.3. The molecule has 0 bridgehead atoms. The van der Waals surface area contributed by atoms with E-state index in [1.54, 1.807) is 13.8 Å². The Morgan fingerprint density at radius 2 is 1.64 bits per heavy atom. The van der Waals surface area contributed by atoms with E-state index in [4.69, 9.17) is 4.98 Å². The molecule has 0 radical (unpaired) electrons. The number of pyridine rings is 2. The van der Waals surface area contributed by atoms with Gasteiger partial charge in [0.15, 0.2) is 0 Å². The summed E-state index contributed by atoms with van der Waals surface area (Å²) in [6, 6.07) is 18.2. The van der Waals surface area contributed by atoms with E-state index in [1.165, 1.54) is 11.9 Å². The smallest absolute Gasteiger partial charge is 0.233 e. The molecule has 0 aliphatic rings. The van der Waals surface area contributed by atoms with Crippen LogP contribution < -0.4 is 10.0 Å². The number of rotatable bonds is 8. The molecule has 0 saturated heterocycles. The van der Waals surface area contributed by atoms with Crippen molar-refractivity contribution in [2.75, 3.05) is 10.0 Å². The van der Waals surface area contributed by atoms with Crippen molar-refractivity contribution >= 4 is 51.1 Å². The van der Waals surface area contributed by atoms with Gasteiger partial charge in [0.2, 0.25) is 5.95 Å². The number of hydrogen-bond donors (Lipinski definition) is 3. The van der Waals surface area contributed by atoms with Crippen molar-refractivity contribution in [1.29, 1.82) is 0 Å². The van der Waals surface area contributed by atoms with Crippen molar-refractivity contribution in [2.24, 2.45) is 0 Å². The van der Waals surface area contributed by atoms with Gasteiger partial charge in [-0.25, -0.2) is 15.0 Å². The molecule has 3 N–H and O–H groups in total. The first-order chi connectivity index (χ1) is 20.1. The molecule has 0 spiro atoms. The van der Waals surface area contributed by atoms with Gasteiger partial charge in [-0.05, 0) is 101 Å². The van der Waals surface area contributed by atoms with Crippen molar-refractivity contribution in [2.45, 2.75) is 51.7 Å². The quantitative estimate of drug-likeness (QED) is 0.165. The Morgan fingerprint density at radius 3 is 2.38 bits per heavy atom. The van der Waals surface area contributed by atoms with Crippen molar-refractivity contribution < 1.29 is 5.11 Å². The predicted molar refractivity (Wildman–Crippen MR) is 170 cm³/mol. The first kappa shape index (κ1) is 27.6. The molecular formula is C32H32N8OS. The minimum atomic E-state index is -0.856.